The van der Waals surface area contributed by atoms with E-state index in [1.54, 1.807) is 77.7 Å². The van der Waals surface area contributed by atoms with Crippen LogP contribution in [0, 0.1) is 6.92 Å². The van der Waals surface area contributed by atoms with Gasteiger partial charge in [0.1, 0.15) is 5.75 Å². The number of ether oxygens (including phenoxy) is 1. The molecule has 0 radical (unpaired) electrons. The van der Waals surface area contributed by atoms with Crippen molar-refractivity contribution in [3.63, 3.8) is 0 Å². The maximum atomic E-state index is 13.7. The molecule has 0 N–H and O–H groups in total. The van der Waals surface area contributed by atoms with Gasteiger partial charge in [-0.3, -0.25) is 9.10 Å². The van der Waals surface area contributed by atoms with Crippen LogP contribution in [0.3, 0.4) is 0 Å². The third-order valence-electron chi connectivity index (χ3n) is 7.14. The van der Waals surface area contributed by atoms with Crippen LogP contribution >= 0.6 is 23.2 Å². The van der Waals surface area contributed by atoms with Crippen molar-refractivity contribution < 1.29 is 17.9 Å². The largest absolute Gasteiger partial charge is 0.484 e. The van der Waals surface area contributed by atoms with Gasteiger partial charge in [0.2, 0.25) is 0 Å². The van der Waals surface area contributed by atoms with Crippen molar-refractivity contribution >= 4 is 50.5 Å². The molecule has 0 atom stereocenters. The highest BCUT2D eigenvalue weighted by atomic mass is 35.5. The number of hydrogen-bond donors (Lipinski definition) is 0. The third-order valence-corrected chi connectivity index (χ3v) is 9.42. The average molecular weight is 625 g/mol. The Morgan fingerprint density at radius 1 is 0.833 bits per heavy atom. The Hall–Kier alpha value is -3.72. The molecule has 0 spiro atoms. The van der Waals surface area contributed by atoms with Crippen LogP contribution < -0.4 is 13.9 Å². The molecule has 5 rings (SSSR count). The van der Waals surface area contributed by atoms with Crippen LogP contribution in [0.15, 0.2) is 102 Å². The second-order valence-electron chi connectivity index (χ2n) is 10.1. The van der Waals surface area contributed by atoms with Crippen molar-refractivity contribution in [3.8, 4) is 5.75 Å². The number of nitrogens with zero attached hydrogens (tertiary/aromatic N) is 3. The van der Waals surface area contributed by atoms with Gasteiger partial charge in [-0.25, -0.2) is 8.42 Å². The first-order valence-electron chi connectivity index (χ1n) is 13.5. The van der Waals surface area contributed by atoms with Crippen LogP contribution in [0.25, 0.3) is 0 Å². The van der Waals surface area contributed by atoms with Crippen LogP contribution in [0.2, 0.25) is 10.0 Å². The molecule has 218 valence electrons. The molecule has 7 nitrogen and oxygen atoms in total. The Balaban J connectivity index is 1.24. The topological polar surface area (TPSA) is 70.2 Å². The molecule has 4 aromatic carbocycles. The predicted molar refractivity (Wildman–Crippen MR) is 168 cm³/mol. The predicted octanol–water partition coefficient (Wildman–Crippen LogP) is 6.42. The summed E-state index contributed by atoms with van der Waals surface area (Å²) in [6, 6.07) is 28.3. The summed E-state index contributed by atoms with van der Waals surface area (Å²) in [7, 11) is -3.87. The molecule has 0 aliphatic carbocycles. The van der Waals surface area contributed by atoms with E-state index >= 15 is 0 Å². The van der Waals surface area contributed by atoms with Gasteiger partial charge in [-0.1, -0.05) is 59.1 Å². The summed E-state index contributed by atoms with van der Waals surface area (Å²) in [5.41, 5.74) is 3.27. The third kappa shape index (κ3) is 7.18. The zero-order valence-corrected chi connectivity index (χ0v) is 25.4. The minimum absolute atomic E-state index is 0.101. The second kappa shape index (κ2) is 13.1. The first-order valence-corrected chi connectivity index (χ1v) is 15.7. The monoisotopic (exact) mass is 623 g/mol. The van der Waals surface area contributed by atoms with Gasteiger partial charge in [-0.05, 0) is 79.2 Å². The highest BCUT2D eigenvalue weighted by Crippen LogP contribution is 2.29. The summed E-state index contributed by atoms with van der Waals surface area (Å²) < 4.78 is 34.6. The SMILES string of the molecule is Cc1ccc(S(=O)(=O)N(Cc2ccc(Cl)cc2)c2ccc(OCC(=O)N3CCN(c4cccc(Cl)c4)CC3)cc2)cc1. The van der Waals surface area contributed by atoms with Gasteiger partial charge in [0.05, 0.1) is 17.1 Å². The number of piperazine rings is 1. The van der Waals surface area contributed by atoms with E-state index in [1.165, 1.54) is 4.31 Å². The molecule has 4 aromatic rings. The number of rotatable bonds is 9. The highest BCUT2D eigenvalue weighted by molar-refractivity contribution is 7.92. The number of benzene rings is 4. The van der Waals surface area contributed by atoms with E-state index in [-0.39, 0.29) is 24.0 Å². The molecule has 1 fully saturated rings. The van der Waals surface area contributed by atoms with Gasteiger partial charge < -0.3 is 14.5 Å². The molecular weight excluding hydrogens is 593 g/mol. The molecule has 0 aromatic heterocycles. The van der Waals surface area contributed by atoms with Gasteiger partial charge in [-0.2, -0.15) is 0 Å². The van der Waals surface area contributed by atoms with Crippen LogP contribution in [-0.2, 0) is 21.4 Å². The van der Waals surface area contributed by atoms with E-state index in [1.807, 2.05) is 31.2 Å². The standard InChI is InChI=1S/C32H31Cl2N3O4S/c1-24-5-15-31(16-6-24)42(39,40)37(22-25-7-9-26(33)10-8-25)28-11-13-30(14-12-28)41-23-32(38)36-19-17-35(18-20-36)29-4-2-3-27(34)21-29/h2-16,21H,17-20,22-23H2,1H3. The number of halogens is 2. The van der Waals surface area contributed by atoms with Gasteiger partial charge in [0.15, 0.2) is 6.61 Å². The van der Waals surface area contributed by atoms with Crippen molar-refractivity contribution in [3.05, 3.63) is 118 Å². The van der Waals surface area contributed by atoms with Crippen molar-refractivity contribution in [1.29, 1.82) is 0 Å². The van der Waals surface area contributed by atoms with Crippen molar-refractivity contribution in [1.82, 2.24) is 4.90 Å². The molecule has 1 heterocycles. The Morgan fingerprint density at radius 2 is 1.50 bits per heavy atom. The fourth-order valence-corrected chi connectivity index (χ4v) is 6.50. The zero-order valence-electron chi connectivity index (χ0n) is 23.1. The molecule has 1 aliphatic heterocycles. The van der Waals surface area contributed by atoms with Crippen molar-refractivity contribution in [2.24, 2.45) is 0 Å². The van der Waals surface area contributed by atoms with Gasteiger partial charge in [0, 0.05) is 41.9 Å². The number of aryl methyl sites for hydroxylation is 1. The summed E-state index contributed by atoms with van der Waals surface area (Å²) >= 11 is 12.2. The maximum absolute atomic E-state index is 13.7. The van der Waals surface area contributed by atoms with E-state index < -0.39 is 10.0 Å². The first-order chi connectivity index (χ1) is 20.2. The van der Waals surface area contributed by atoms with Gasteiger partial charge in [0.25, 0.3) is 15.9 Å². The summed E-state index contributed by atoms with van der Waals surface area (Å²) in [5.74, 6) is 0.375. The summed E-state index contributed by atoms with van der Waals surface area (Å²) in [6.45, 7) is 4.51. The van der Waals surface area contributed by atoms with Crippen LogP contribution in [0.1, 0.15) is 11.1 Å². The highest BCUT2D eigenvalue weighted by Gasteiger charge is 2.26. The second-order valence-corrected chi connectivity index (χ2v) is 12.8. The minimum Gasteiger partial charge on any atom is -0.484 e. The average Bonchev–Trinajstić information content (AvgIpc) is 3.00. The molecule has 10 heteroatoms. The van der Waals surface area contributed by atoms with Crippen molar-refractivity contribution in [2.45, 2.75) is 18.4 Å². The summed E-state index contributed by atoms with van der Waals surface area (Å²) in [6.07, 6.45) is 0. The smallest absolute Gasteiger partial charge is 0.264 e. The van der Waals surface area contributed by atoms with E-state index in [2.05, 4.69) is 4.90 Å². The number of anilines is 2. The molecule has 42 heavy (non-hydrogen) atoms. The first kappa shape index (κ1) is 29.8. The lowest BCUT2D eigenvalue weighted by atomic mass is 10.2. The molecule has 1 saturated heterocycles. The van der Waals surface area contributed by atoms with Crippen LogP contribution in [0.4, 0.5) is 11.4 Å². The lowest BCUT2D eigenvalue weighted by Gasteiger charge is -2.36. The van der Waals surface area contributed by atoms with E-state index in [0.717, 1.165) is 16.8 Å². The Bertz CT molecular complexity index is 1620. The minimum atomic E-state index is -3.87. The molecule has 0 bridgehead atoms. The van der Waals surface area contributed by atoms with E-state index in [9.17, 15) is 13.2 Å². The molecule has 1 amide bonds. The van der Waals surface area contributed by atoms with Crippen LogP contribution in [-0.4, -0.2) is 52.0 Å². The lowest BCUT2D eigenvalue weighted by molar-refractivity contribution is -0.133. The zero-order chi connectivity index (χ0) is 29.7. The number of carbonyl (C=O) groups is 1. The number of sulfonamides is 1. The quantitative estimate of drug-likeness (QED) is 0.215. The summed E-state index contributed by atoms with van der Waals surface area (Å²) in [4.78, 5) is 17.0. The Kier molecular flexibility index (Phi) is 9.26. The summed E-state index contributed by atoms with van der Waals surface area (Å²) in [5, 5.41) is 1.26. The molecule has 1 aliphatic rings. The van der Waals surface area contributed by atoms with E-state index in [0.29, 0.717) is 47.7 Å². The van der Waals surface area contributed by atoms with Gasteiger partial charge >= 0.3 is 0 Å². The van der Waals surface area contributed by atoms with Crippen molar-refractivity contribution in [2.75, 3.05) is 42.0 Å². The molecule has 0 unspecified atom stereocenters. The molecular formula is C32H31Cl2N3O4S. The fraction of sp³-hybridized carbons (Fsp3) is 0.219. The van der Waals surface area contributed by atoms with E-state index in [4.69, 9.17) is 27.9 Å². The van der Waals surface area contributed by atoms with Crippen LogP contribution in [0.5, 0.6) is 5.75 Å². The number of hydrogen-bond acceptors (Lipinski definition) is 5. The Morgan fingerprint density at radius 3 is 2.14 bits per heavy atom. The normalized spacial score (nSPS) is 13.6. The number of carbonyl (C=O) groups excluding carboxylic acids is 1. The fourth-order valence-electron chi connectivity index (χ4n) is 4.74. The lowest BCUT2D eigenvalue weighted by Crippen LogP contribution is -2.50. The Labute approximate surface area is 256 Å². The molecule has 0 saturated carbocycles. The number of amides is 1. The maximum Gasteiger partial charge on any atom is 0.264 e. The van der Waals surface area contributed by atoms with Gasteiger partial charge in [-0.15, -0.1) is 0 Å².